The summed E-state index contributed by atoms with van der Waals surface area (Å²) < 4.78 is 0. The molecule has 0 saturated carbocycles. The molecular weight excluding hydrogens is 375 g/mol. The molecule has 0 aliphatic carbocycles. The first-order valence-corrected chi connectivity index (χ1v) is 9.09. The van der Waals surface area contributed by atoms with Crippen molar-refractivity contribution in [2.45, 2.75) is 19.1 Å². The maximum atomic E-state index is 12.9. The van der Waals surface area contributed by atoms with Crippen molar-refractivity contribution in [1.29, 1.82) is 0 Å². The van der Waals surface area contributed by atoms with Crippen LogP contribution in [0.4, 0.5) is 5.69 Å². The van der Waals surface area contributed by atoms with Crippen molar-refractivity contribution < 1.29 is 14.4 Å². The van der Waals surface area contributed by atoms with Crippen molar-refractivity contribution in [3.05, 3.63) is 64.1 Å². The molecule has 2 aromatic rings. The third-order valence-electron chi connectivity index (χ3n) is 4.81. The van der Waals surface area contributed by atoms with E-state index in [2.05, 4.69) is 0 Å². The van der Waals surface area contributed by atoms with Crippen LogP contribution in [0.1, 0.15) is 18.5 Å². The van der Waals surface area contributed by atoms with Crippen LogP contribution in [0.25, 0.3) is 0 Å². The zero-order chi connectivity index (χ0) is 18.4. The Balaban J connectivity index is 1.84. The van der Waals surface area contributed by atoms with Gasteiger partial charge in [-0.1, -0.05) is 47.5 Å². The van der Waals surface area contributed by atoms with Gasteiger partial charge in [-0.3, -0.25) is 19.3 Å². The molecule has 0 spiro atoms. The minimum Gasteiger partial charge on any atom is -0.280 e. The van der Waals surface area contributed by atoms with Crippen LogP contribution >= 0.6 is 23.2 Å². The van der Waals surface area contributed by atoms with Gasteiger partial charge in [0.25, 0.3) is 5.91 Å². The molecule has 3 atom stereocenters. The number of likely N-dealkylation sites (N-methyl/N-ethyl adjacent to an activating group) is 1. The number of carbonyl (C=O) groups excluding carboxylic acids is 2. The standard InChI is InChI=1S/C19H16Cl2N2O3/c1-2-22-18(24)15-16(13-9-8-11(20)10-14(13)21)23(26-17(15)19(22)25)12-6-4-3-5-7-12/h3-10,15-17H,2H2,1H3. The monoisotopic (exact) mass is 390 g/mol. The van der Waals surface area contributed by atoms with E-state index in [1.807, 2.05) is 30.3 Å². The number of nitrogens with zero attached hydrogens (tertiary/aromatic N) is 2. The summed E-state index contributed by atoms with van der Waals surface area (Å²) in [5.41, 5.74) is 1.45. The Morgan fingerprint density at radius 1 is 1.04 bits per heavy atom. The molecule has 26 heavy (non-hydrogen) atoms. The van der Waals surface area contributed by atoms with E-state index in [0.29, 0.717) is 22.2 Å². The van der Waals surface area contributed by atoms with Crippen LogP contribution in [-0.4, -0.2) is 29.4 Å². The van der Waals surface area contributed by atoms with Gasteiger partial charge in [-0.25, -0.2) is 5.06 Å². The van der Waals surface area contributed by atoms with Crippen LogP contribution in [0.3, 0.4) is 0 Å². The van der Waals surface area contributed by atoms with Gasteiger partial charge in [0.1, 0.15) is 5.92 Å². The number of fused-ring (bicyclic) bond motifs is 1. The number of hydroxylamine groups is 1. The van der Waals surface area contributed by atoms with E-state index >= 15 is 0 Å². The lowest BCUT2D eigenvalue weighted by Crippen LogP contribution is -2.37. The molecule has 2 heterocycles. The molecule has 5 nitrogen and oxygen atoms in total. The predicted molar refractivity (Wildman–Crippen MR) is 98.9 cm³/mol. The fourth-order valence-electron chi connectivity index (χ4n) is 3.64. The van der Waals surface area contributed by atoms with E-state index in [4.69, 9.17) is 28.0 Å². The van der Waals surface area contributed by atoms with Crippen molar-refractivity contribution in [3.8, 4) is 0 Å². The minimum atomic E-state index is -0.848. The number of anilines is 1. The third kappa shape index (κ3) is 2.58. The van der Waals surface area contributed by atoms with Crippen molar-refractivity contribution in [3.63, 3.8) is 0 Å². The van der Waals surface area contributed by atoms with Gasteiger partial charge < -0.3 is 0 Å². The highest BCUT2D eigenvalue weighted by atomic mass is 35.5. The summed E-state index contributed by atoms with van der Waals surface area (Å²) in [4.78, 5) is 32.7. The van der Waals surface area contributed by atoms with Gasteiger partial charge >= 0.3 is 0 Å². The Morgan fingerprint density at radius 3 is 2.42 bits per heavy atom. The highest BCUT2D eigenvalue weighted by Crippen LogP contribution is 2.48. The molecule has 0 aromatic heterocycles. The Morgan fingerprint density at radius 2 is 1.77 bits per heavy atom. The first kappa shape index (κ1) is 17.3. The van der Waals surface area contributed by atoms with Gasteiger partial charge in [0.2, 0.25) is 5.91 Å². The summed E-state index contributed by atoms with van der Waals surface area (Å²) in [7, 11) is 0. The van der Waals surface area contributed by atoms with Gasteiger partial charge in [0.05, 0.1) is 11.7 Å². The van der Waals surface area contributed by atoms with E-state index < -0.39 is 18.1 Å². The molecule has 2 fully saturated rings. The molecule has 134 valence electrons. The summed E-state index contributed by atoms with van der Waals surface area (Å²) in [6.07, 6.45) is -0.848. The molecule has 2 aromatic carbocycles. The van der Waals surface area contributed by atoms with Crippen LogP contribution in [0.15, 0.2) is 48.5 Å². The second-order valence-electron chi connectivity index (χ2n) is 6.24. The Labute approximate surface area is 161 Å². The average molecular weight is 391 g/mol. The largest absolute Gasteiger partial charge is 0.280 e. The quantitative estimate of drug-likeness (QED) is 0.746. The lowest BCUT2D eigenvalue weighted by Gasteiger charge is -2.29. The number of hydrogen-bond donors (Lipinski definition) is 0. The number of para-hydroxylation sites is 1. The number of carbonyl (C=O) groups is 2. The first-order valence-electron chi connectivity index (χ1n) is 8.34. The highest BCUT2D eigenvalue weighted by molar-refractivity contribution is 6.35. The predicted octanol–water partition coefficient (Wildman–Crippen LogP) is 3.86. The van der Waals surface area contributed by atoms with Crippen LogP contribution < -0.4 is 5.06 Å². The minimum absolute atomic E-state index is 0.239. The van der Waals surface area contributed by atoms with Gasteiger partial charge in [-0.05, 0) is 36.8 Å². The summed E-state index contributed by atoms with van der Waals surface area (Å²) in [5, 5.41) is 2.56. The lowest BCUT2D eigenvalue weighted by molar-refractivity contribution is -0.142. The summed E-state index contributed by atoms with van der Waals surface area (Å²) in [6.45, 7) is 2.09. The lowest BCUT2D eigenvalue weighted by atomic mass is 9.90. The molecule has 7 heteroatoms. The molecular formula is C19H16Cl2N2O3. The van der Waals surface area contributed by atoms with E-state index in [1.54, 1.807) is 30.2 Å². The number of hydrogen-bond acceptors (Lipinski definition) is 4. The van der Waals surface area contributed by atoms with Crippen LogP contribution in [0.5, 0.6) is 0 Å². The number of rotatable bonds is 3. The molecule has 0 N–H and O–H groups in total. The van der Waals surface area contributed by atoms with Gasteiger partial charge in [-0.2, -0.15) is 0 Å². The first-order chi connectivity index (χ1) is 12.5. The van der Waals surface area contributed by atoms with Gasteiger partial charge in [-0.15, -0.1) is 0 Å². The highest BCUT2D eigenvalue weighted by Gasteiger charge is 2.59. The zero-order valence-electron chi connectivity index (χ0n) is 13.9. The van der Waals surface area contributed by atoms with E-state index in [1.165, 1.54) is 4.90 Å². The van der Waals surface area contributed by atoms with Gasteiger partial charge in [0.15, 0.2) is 6.10 Å². The fourth-order valence-corrected chi connectivity index (χ4v) is 4.16. The maximum Gasteiger partial charge on any atom is 0.261 e. The van der Waals surface area contributed by atoms with E-state index in [-0.39, 0.29) is 11.8 Å². The molecule has 0 bridgehead atoms. The molecule has 2 amide bonds. The topological polar surface area (TPSA) is 49.9 Å². The number of likely N-dealkylation sites (tertiary alicyclic amines) is 1. The molecule has 2 aliphatic heterocycles. The van der Waals surface area contributed by atoms with Crippen LogP contribution in [0.2, 0.25) is 10.0 Å². The average Bonchev–Trinajstić information content (AvgIpc) is 3.12. The van der Waals surface area contributed by atoms with Crippen LogP contribution in [0, 0.1) is 5.92 Å². The fraction of sp³-hybridized carbons (Fsp3) is 0.263. The van der Waals surface area contributed by atoms with Gasteiger partial charge in [0, 0.05) is 16.6 Å². The number of benzene rings is 2. The summed E-state index contributed by atoms with van der Waals surface area (Å²) >= 11 is 12.5. The Hall–Kier alpha value is -2.08. The number of imide groups is 1. The van der Waals surface area contributed by atoms with E-state index in [0.717, 1.165) is 5.69 Å². The molecule has 2 aliphatic rings. The van der Waals surface area contributed by atoms with E-state index in [9.17, 15) is 9.59 Å². The number of halogens is 2. The molecule has 0 radical (unpaired) electrons. The van der Waals surface area contributed by atoms with Crippen molar-refractivity contribution >= 4 is 40.7 Å². The second-order valence-corrected chi connectivity index (χ2v) is 7.09. The third-order valence-corrected chi connectivity index (χ3v) is 5.38. The van der Waals surface area contributed by atoms with Crippen molar-refractivity contribution in [1.82, 2.24) is 4.90 Å². The summed E-state index contributed by atoms with van der Waals surface area (Å²) in [5.74, 6) is -1.20. The number of amides is 2. The Bertz CT molecular complexity index is 874. The smallest absolute Gasteiger partial charge is 0.261 e. The summed E-state index contributed by atoms with van der Waals surface area (Å²) in [6, 6.07) is 14.0. The van der Waals surface area contributed by atoms with Crippen molar-refractivity contribution in [2.24, 2.45) is 5.92 Å². The second kappa shape index (κ2) is 6.58. The maximum absolute atomic E-state index is 12.9. The van der Waals surface area contributed by atoms with Crippen LogP contribution in [-0.2, 0) is 14.4 Å². The molecule has 2 saturated heterocycles. The zero-order valence-corrected chi connectivity index (χ0v) is 15.4. The molecule has 3 unspecified atom stereocenters. The van der Waals surface area contributed by atoms with Crippen molar-refractivity contribution in [2.75, 3.05) is 11.6 Å². The SMILES string of the molecule is CCN1C(=O)C2ON(c3ccccc3)C(c3ccc(Cl)cc3Cl)C2C1=O. The Kier molecular flexibility index (Phi) is 4.39. The normalized spacial score (nSPS) is 25.1. The molecule has 4 rings (SSSR count).